The van der Waals surface area contributed by atoms with Gasteiger partial charge in [0.2, 0.25) is 11.8 Å². The topological polar surface area (TPSA) is 69.7 Å². The SMILES string of the molecule is CC(=O)N[C@@H](C)COC1CCC(OCc2cnc(OCC3CC3)cc2F)CC1. The van der Waals surface area contributed by atoms with E-state index in [4.69, 9.17) is 14.2 Å². The molecule has 0 spiro atoms. The fourth-order valence-electron chi connectivity index (χ4n) is 3.36. The van der Waals surface area contributed by atoms with Crippen molar-refractivity contribution in [1.82, 2.24) is 10.3 Å². The van der Waals surface area contributed by atoms with Crippen molar-refractivity contribution >= 4 is 5.91 Å². The van der Waals surface area contributed by atoms with Gasteiger partial charge in [-0.15, -0.1) is 0 Å². The maximum atomic E-state index is 14.2. The highest BCUT2D eigenvalue weighted by molar-refractivity contribution is 5.73. The van der Waals surface area contributed by atoms with Crippen molar-refractivity contribution in [3.63, 3.8) is 0 Å². The number of hydrogen-bond acceptors (Lipinski definition) is 5. The molecule has 3 rings (SSSR count). The molecule has 1 atom stereocenters. The predicted octanol–water partition coefficient (Wildman–Crippen LogP) is 3.38. The summed E-state index contributed by atoms with van der Waals surface area (Å²) in [6.45, 7) is 4.80. The Morgan fingerprint density at radius 2 is 1.89 bits per heavy atom. The van der Waals surface area contributed by atoms with Gasteiger partial charge in [-0.3, -0.25) is 4.79 Å². The lowest BCUT2D eigenvalue weighted by Crippen LogP contribution is -2.36. The highest BCUT2D eigenvalue weighted by Crippen LogP contribution is 2.29. The molecule has 2 aliphatic carbocycles. The number of rotatable bonds is 10. The van der Waals surface area contributed by atoms with Gasteiger partial charge in [0, 0.05) is 30.8 Å². The molecule has 1 aromatic heterocycles. The van der Waals surface area contributed by atoms with Crippen LogP contribution in [0.4, 0.5) is 4.39 Å². The highest BCUT2D eigenvalue weighted by atomic mass is 19.1. The second kappa shape index (κ2) is 10.2. The maximum Gasteiger partial charge on any atom is 0.217 e. The molecule has 0 aromatic carbocycles. The Bertz CT molecular complexity index is 645. The molecule has 0 aliphatic heterocycles. The number of carbonyl (C=O) groups excluding carboxylic acids is 1. The van der Waals surface area contributed by atoms with Gasteiger partial charge in [0.25, 0.3) is 0 Å². The average Bonchev–Trinajstić information content (AvgIpc) is 3.49. The van der Waals surface area contributed by atoms with Gasteiger partial charge in [-0.25, -0.2) is 9.37 Å². The second-order valence-corrected chi connectivity index (χ2v) is 8.01. The van der Waals surface area contributed by atoms with Gasteiger partial charge < -0.3 is 19.5 Å². The number of pyridine rings is 1. The summed E-state index contributed by atoms with van der Waals surface area (Å²) in [5, 5.41) is 2.82. The second-order valence-electron chi connectivity index (χ2n) is 8.01. The third-order valence-corrected chi connectivity index (χ3v) is 5.20. The minimum absolute atomic E-state index is 0.0122. The van der Waals surface area contributed by atoms with Gasteiger partial charge >= 0.3 is 0 Å². The van der Waals surface area contributed by atoms with E-state index in [-0.39, 0.29) is 36.6 Å². The lowest BCUT2D eigenvalue weighted by Gasteiger charge is -2.29. The van der Waals surface area contributed by atoms with Crippen molar-refractivity contribution in [2.75, 3.05) is 13.2 Å². The first-order valence-electron chi connectivity index (χ1n) is 10.3. The van der Waals surface area contributed by atoms with E-state index < -0.39 is 0 Å². The fourth-order valence-corrected chi connectivity index (χ4v) is 3.36. The monoisotopic (exact) mass is 394 g/mol. The maximum absolute atomic E-state index is 14.2. The molecule has 0 unspecified atom stereocenters. The molecule has 2 saturated carbocycles. The first-order chi connectivity index (χ1) is 13.5. The molecule has 2 fully saturated rings. The highest BCUT2D eigenvalue weighted by Gasteiger charge is 2.24. The van der Waals surface area contributed by atoms with Crippen molar-refractivity contribution in [2.45, 2.75) is 77.2 Å². The number of nitrogens with zero attached hydrogens (tertiary/aromatic N) is 1. The van der Waals surface area contributed by atoms with Crippen LogP contribution in [0, 0.1) is 11.7 Å². The molecule has 0 saturated heterocycles. The molecule has 6 nitrogen and oxygen atoms in total. The lowest BCUT2D eigenvalue weighted by molar-refractivity contribution is -0.120. The summed E-state index contributed by atoms with van der Waals surface area (Å²) in [6, 6.07) is 1.36. The average molecular weight is 394 g/mol. The lowest BCUT2D eigenvalue weighted by atomic mass is 9.95. The Balaban J connectivity index is 1.34. The molecule has 1 aromatic rings. The Morgan fingerprint density at radius 1 is 1.21 bits per heavy atom. The van der Waals surface area contributed by atoms with Crippen LogP contribution in [0.1, 0.15) is 57.9 Å². The minimum atomic E-state index is -0.329. The summed E-state index contributed by atoms with van der Waals surface area (Å²) in [4.78, 5) is 15.2. The van der Waals surface area contributed by atoms with Crippen molar-refractivity contribution in [2.24, 2.45) is 5.92 Å². The third-order valence-electron chi connectivity index (χ3n) is 5.20. The van der Waals surface area contributed by atoms with Crippen LogP contribution in [-0.4, -0.2) is 42.4 Å². The summed E-state index contributed by atoms with van der Waals surface area (Å²) in [6.07, 6.45) is 7.78. The van der Waals surface area contributed by atoms with Gasteiger partial charge in [-0.1, -0.05) is 0 Å². The summed E-state index contributed by atoms with van der Waals surface area (Å²) in [5.74, 6) is 0.585. The molecule has 156 valence electrons. The predicted molar refractivity (Wildman–Crippen MR) is 102 cm³/mol. The van der Waals surface area contributed by atoms with Gasteiger partial charge in [-0.2, -0.15) is 0 Å². The zero-order valence-corrected chi connectivity index (χ0v) is 16.8. The number of aromatic nitrogens is 1. The Labute approximate surface area is 166 Å². The van der Waals surface area contributed by atoms with Crippen LogP contribution in [-0.2, 0) is 20.9 Å². The quantitative estimate of drug-likeness (QED) is 0.659. The number of amides is 1. The number of ether oxygens (including phenoxy) is 3. The molecule has 7 heteroatoms. The first-order valence-corrected chi connectivity index (χ1v) is 10.3. The summed E-state index contributed by atoms with van der Waals surface area (Å²) in [5.41, 5.74) is 0.460. The van der Waals surface area contributed by atoms with Crippen LogP contribution in [0.15, 0.2) is 12.3 Å². The van der Waals surface area contributed by atoms with Gasteiger partial charge in [0.1, 0.15) is 5.82 Å². The van der Waals surface area contributed by atoms with Crippen LogP contribution in [0.2, 0.25) is 0 Å². The zero-order chi connectivity index (χ0) is 19.9. The number of hydrogen-bond donors (Lipinski definition) is 1. The molecule has 0 bridgehead atoms. The molecule has 1 N–H and O–H groups in total. The largest absolute Gasteiger partial charge is 0.477 e. The van der Waals surface area contributed by atoms with Crippen molar-refractivity contribution in [1.29, 1.82) is 0 Å². The van der Waals surface area contributed by atoms with Crippen LogP contribution in [0.3, 0.4) is 0 Å². The van der Waals surface area contributed by atoms with E-state index in [1.807, 2.05) is 6.92 Å². The van der Waals surface area contributed by atoms with E-state index >= 15 is 0 Å². The molecule has 2 aliphatic rings. The van der Waals surface area contributed by atoms with E-state index in [1.165, 1.54) is 32.0 Å². The van der Waals surface area contributed by atoms with Crippen LogP contribution in [0.25, 0.3) is 0 Å². The van der Waals surface area contributed by atoms with Gasteiger partial charge in [0.05, 0.1) is 32.0 Å². The number of nitrogens with one attached hydrogen (secondary N) is 1. The van der Waals surface area contributed by atoms with E-state index in [0.29, 0.717) is 30.6 Å². The molecular weight excluding hydrogens is 363 g/mol. The molecule has 28 heavy (non-hydrogen) atoms. The van der Waals surface area contributed by atoms with E-state index in [1.54, 1.807) is 0 Å². The van der Waals surface area contributed by atoms with Crippen LogP contribution in [0.5, 0.6) is 5.88 Å². The summed E-state index contributed by atoms with van der Waals surface area (Å²) < 4.78 is 31.5. The summed E-state index contributed by atoms with van der Waals surface area (Å²) >= 11 is 0. The molecule has 0 radical (unpaired) electrons. The Morgan fingerprint density at radius 3 is 2.50 bits per heavy atom. The summed E-state index contributed by atoms with van der Waals surface area (Å²) in [7, 11) is 0. The van der Waals surface area contributed by atoms with Crippen LogP contribution >= 0.6 is 0 Å². The van der Waals surface area contributed by atoms with Crippen LogP contribution < -0.4 is 10.1 Å². The Kier molecular flexibility index (Phi) is 7.62. The standard InChI is InChI=1S/C21H31FN2O4/c1-14(24-15(2)25)11-26-18-5-7-19(8-6-18)27-13-17-10-23-21(9-20(17)22)28-12-16-3-4-16/h9-10,14,16,18-19H,3-8,11-13H2,1-2H3,(H,24,25)/t14-,18?,19?/m0/s1. The smallest absolute Gasteiger partial charge is 0.217 e. The van der Waals surface area contributed by atoms with Gasteiger partial charge in [-0.05, 0) is 51.4 Å². The molecular formula is C21H31FN2O4. The number of halogens is 1. The van der Waals surface area contributed by atoms with Gasteiger partial charge in [0.15, 0.2) is 0 Å². The zero-order valence-electron chi connectivity index (χ0n) is 16.8. The van der Waals surface area contributed by atoms with Crippen molar-refractivity contribution in [3.8, 4) is 5.88 Å². The normalized spacial score (nSPS) is 23.2. The first kappa shape index (κ1) is 21.0. The number of carbonyl (C=O) groups is 1. The Hall–Kier alpha value is -1.73. The third kappa shape index (κ3) is 7.02. The fraction of sp³-hybridized carbons (Fsp3) is 0.714. The van der Waals surface area contributed by atoms with E-state index in [2.05, 4.69) is 10.3 Å². The van der Waals surface area contributed by atoms with E-state index in [0.717, 1.165) is 25.7 Å². The van der Waals surface area contributed by atoms with E-state index in [9.17, 15) is 9.18 Å². The molecule has 1 amide bonds. The van der Waals surface area contributed by atoms with Crippen molar-refractivity contribution < 1.29 is 23.4 Å². The molecule has 1 heterocycles. The van der Waals surface area contributed by atoms with Crippen molar-refractivity contribution in [3.05, 3.63) is 23.6 Å². The minimum Gasteiger partial charge on any atom is -0.477 e.